The van der Waals surface area contributed by atoms with Crippen molar-refractivity contribution in [3.63, 3.8) is 0 Å². The molecule has 5 nitrogen and oxygen atoms in total. The zero-order valence-corrected chi connectivity index (χ0v) is 12.5. The molecular weight excluding hydrogens is 234 g/mol. The molecule has 0 aromatic rings. The van der Waals surface area contributed by atoms with Crippen molar-refractivity contribution in [3.05, 3.63) is 0 Å². The summed E-state index contributed by atoms with van der Waals surface area (Å²) in [4.78, 5) is 13.9. The molecule has 0 saturated carbocycles. The average molecular weight is 261 g/mol. The van der Waals surface area contributed by atoms with E-state index in [9.17, 15) is 4.79 Å². The number of hydrogen-bond acceptors (Lipinski definition) is 5. The Hall–Kier alpha value is -0.650. The van der Waals surface area contributed by atoms with Crippen LogP contribution in [-0.2, 0) is 19.0 Å². The van der Waals surface area contributed by atoms with Gasteiger partial charge in [0.2, 0.25) is 0 Å². The van der Waals surface area contributed by atoms with E-state index in [0.29, 0.717) is 19.8 Å². The molecule has 5 heteroatoms. The van der Waals surface area contributed by atoms with Gasteiger partial charge in [0, 0.05) is 7.11 Å². The first-order valence-corrected chi connectivity index (χ1v) is 6.20. The minimum Gasteiger partial charge on any atom is -0.462 e. The van der Waals surface area contributed by atoms with Gasteiger partial charge in [-0.25, -0.2) is 0 Å². The Morgan fingerprint density at radius 1 is 1.11 bits per heavy atom. The minimum absolute atomic E-state index is 0.155. The summed E-state index contributed by atoms with van der Waals surface area (Å²) in [5.74, 6) is -0.206. The van der Waals surface area contributed by atoms with Gasteiger partial charge in [-0.2, -0.15) is 0 Å². The molecule has 0 rings (SSSR count). The molecule has 0 spiro atoms. The van der Waals surface area contributed by atoms with Gasteiger partial charge in [-0.05, 0) is 19.5 Å². The van der Waals surface area contributed by atoms with Crippen LogP contribution in [0.25, 0.3) is 0 Å². The maximum absolute atomic E-state index is 12.0. The quantitative estimate of drug-likeness (QED) is 0.485. The molecule has 0 radical (unpaired) electrons. The molecule has 1 unspecified atom stereocenters. The zero-order chi connectivity index (χ0) is 14.2. The summed E-state index contributed by atoms with van der Waals surface area (Å²) in [6.45, 7) is 7.82. The topological polar surface area (TPSA) is 48.0 Å². The third kappa shape index (κ3) is 6.93. The summed E-state index contributed by atoms with van der Waals surface area (Å²) in [6, 6.07) is -0.253. The number of hydrogen-bond donors (Lipinski definition) is 0. The van der Waals surface area contributed by atoms with Crippen molar-refractivity contribution < 1.29 is 19.0 Å². The van der Waals surface area contributed by atoms with Gasteiger partial charge in [0.15, 0.2) is 0 Å². The molecule has 0 amide bonds. The summed E-state index contributed by atoms with van der Waals surface area (Å²) >= 11 is 0. The molecule has 108 valence electrons. The summed E-state index contributed by atoms with van der Waals surface area (Å²) < 4.78 is 15.3. The van der Waals surface area contributed by atoms with Gasteiger partial charge in [0.05, 0.1) is 19.8 Å². The van der Waals surface area contributed by atoms with Crippen LogP contribution in [0.2, 0.25) is 0 Å². The van der Waals surface area contributed by atoms with E-state index in [-0.39, 0.29) is 24.0 Å². The average Bonchev–Trinajstić information content (AvgIpc) is 2.20. The van der Waals surface area contributed by atoms with Crippen LogP contribution >= 0.6 is 0 Å². The van der Waals surface area contributed by atoms with Gasteiger partial charge in [0.25, 0.3) is 0 Å². The third-order valence-electron chi connectivity index (χ3n) is 2.46. The first-order valence-electron chi connectivity index (χ1n) is 6.20. The van der Waals surface area contributed by atoms with E-state index < -0.39 is 0 Å². The van der Waals surface area contributed by atoms with Crippen LogP contribution in [0.1, 0.15) is 20.8 Å². The van der Waals surface area contributed by atoms with Crippen molar-refractivity contribution in [2.45, 2.75) is 26.8 Å². The fraction of sp³-hybridized carbons (Fsp3) is 0.923. The van der Waals surface area contributed by atoms with Crippen molar-refractivity contribution in [1.29, 1.82) is 0 Å². The lowest BCUT2D eigenvalue weighted by molar-refractivity contribution is -0.154. The van der Waals surface area contributed by atoms with E-state index >= 15 is 0 Å². The molecule has 0 heterocycles. The maximum Gasteiger partial charge on any atom is 0.323 e. The van der Waals surface area contributed by atoms with Crippen molar-refractivity contribution >= 4 is 5.97 Å². The molecule has 0 fully saturated rings. The predicted octanol–water partition coefficient (Wildman–Crippen LogP) is 1.17. The van der Waals surface area contributed by atoms with E-state index in [1.807, 2.05) is 39.8 Å². The standard InChI is InChI=1S/C13H27NO4/c1-13(2,3)11(14(4)5)12(15)18-10-9-17-8-7-16-6/h11H,7-10H2,1-6H3. The van der Waals surface area contributed by atoms with Gasteiger partial charge in [-0.3, -0.25) is 9.69 Å². The molecule has 0 aliphatic rings. The first kappa shape index (κ1) is 17.4. The van der Waals surface area contributed by atoms with E-state index in [4.69, 9.17) is 14.2 Å². The maximum atomic E-state index is 12.0. The summed E-state index contributed by atoms with van der Waals surface area (Å²) in [6.07, 6.45) is 0. The van der Waals surface area contributed by atoms with Crippen LogP contribution in [0.5, 0.6) is 0 Å². The molecule has 1 atom stereocenters. The first-order chi connectivity index (χ1) is 8.30. The molecule has 0 bridgehead atoms. The largest absolute Gasteiger partial charge is 0.462 e. The Balaban J connectivity index is 3.98. The van der Waals surface area contributed by atoms with E-state index in [1.54, 1.807) is 7.11 Å². The summed E-state index contributed by atoms with van der Waals surface area (Å²) in [7, 11) is 5.38. The van der Waals surface area contributed by atoms with Crippen LogP contribution in [-0.4, -0.2) is 64.5 Å². The number of carbonyl (C=O) groups is 1. The number of likely N-dealkylation sites (N-methyl/N-ethyl adjacent to an activating group) is 1. The molecule has 0 N–H and O–H groups in total. The molecule has 0 aromatic carbocycles. The SMILES string of the molecule is COCCOCCOC(=O)C(N(C)C)C(C)(C)C. The Bertz CT molecular complexity index is 236. The zero-order valence-electron chi connectivity index (χ0n) is 12.5. The van der Waals surface area contributed by atoms with E-state index in [2.05, 4.69) is 0 Å². The fourth-order valence-electron chi connectivity index (χ4n) is 1.86. The number of esters is 1. The van der Waals surface area contributed by atoms with Gasteiger partial charge in [-0.1, -0.05) is 20.8 Å². The summed E-state index contributed by atoms with van der Waals surface area (Å²) in [5.41, 5.74) is -0.155. The molecule has 0 saturated heterocycles. The third-order valence-corrected chi connectivity index (χ3v) is 2.46. The van der Waals surface area contributed by atoms with Crippen molar-refractivity contribution in [3.8, 4) is 0 Å². The second-order valence-electron chi connectivity index (χ2n) is 5.50. The van der Waals surface area contributed by atoms with Gasteiger partial charge in [-0.15, -0.1) is 0 Å². The van der Waals surface area contributed by atoms with Crippen molar-refractivity contribution in [2.24, 2.45) is 5.41 Å². The highest BCUT2D eigenvalue weighted by Gasteiger charge is 2.34. The monoisotopic (exact) mass is 261 g/mol. The Kier molecular flexibility index (Phi) is 8.15. The van der Waals surface area contributed by atoms with Crippen LogP contribution < -0.4 is 0 Å². The number of nitrogens with zero attached hydrogens (tertiary/aromatic N) is 1. The highest BCUT2D eigenvalue weighted by atomic mass is 16.6. The van der Waals surface area contributed by atoms with E-state index in [1.165, 1.54) is 0 Å². The van der Waals surface area contributed by atoms with Crippen molar-refractivity contribution in [2.75, 3.05) is 47.6 Å². The molecule has 18 heavy (non-hydrogen) atoms. The lowest BCUT2D eigenvalue weighted by atomic mass is 9.86. The molecule has 0 aliphatic heterocycles. The van der Waals surface area contributed by atoms with Crippen LogP contribution in [0, 0.1) is 5.41 Å². The molecule has 0 aliphatic carbocycles. The summed E-state index contributed by atoms with van der Waals surface area (Å²) in [5, 5.41) is 0. The Labute approximate surface area is 110 Å². The van der Waals surface area contributed by atoms with Crippen molar-refractivity contribution in [1.82, 2.24) is 4.90 Å². The van der Waals surface area contributed by atoms with E-state index in [0.717, 1.165) is 0 Å². The molecular formula is C13H27NO4. The lowest BCUT2D eigenvalue weighted by Crippen LogP contribution is -2.46. The van der Waals surface area contributed by atoms with Gasteiger partial charge < -0.3 is 14.2 Å². The van der Waals surface area contributed by atoms with Crippen LogP contribution in [0.15, 0.2) is 0 Å². The Morgan fingerprint density at radius 2 is 1.67 bits per heavy atom. The number of ether oxygens (including phenoxy) is 3. The smallest absolute Gasteiger partial charge is 0.323 e. The van der Waals surface area contributed by atoms with Gasteiger partial charge in [0.1, 0.15) is 12.6 Å². The van der Waals surface area contributed by atoms with Crippen LogP contribution in [0.4, 0.5) is 0 Å². The fourth-order valence-corrected chi connectivity index (χ4v) is 1.86. The minimum atomic E-state index is -0.253. The highest BCUT2D eigenvalue weighted by Crippen LogP contribution is 2.23. The second-order valence-corrected chi connectivity index (χ2v) is 5.50. The Morgan fingerprint density at radius 3 is 2.11 bits per heavy atom. The van der Waals surface area contributed by atoms with Gasteiger partial charge >= 0.3 is 5.97 Å². The number of rotatable bonds is 8. The molecule has 0 aromatic heterocycles. The normalized spacial score (nSPS) is 13.7. The van der Waals surface area contributed by atoms with Crippen LogP contribution in [0.3, 0.4) is 0 Å². The highest BCUT2D eigenvalue weighted by molar-refractivity contribution is 5.76. The number of methoxy groups -OCH3 is 1. The second kappa shape index (κ2) is 8.45. The lowest BCUT2D eigenvalue weighted by Gasteiger charge is -2.33. The predicted molar refractivity (Wildman–Crippen MR) is 70.6 cm³/mol. The number of carbonyl (C=O) groups excluding carboxylic acids is 1.